The lowest BCUT2D eigenvalue weighted by Crippen LogP contribution is -2.33. The van der Waals surface area contributed by atoms with Crippen molar-refractivity contribution in [2.45, 2.75) is 16.9 Å². The van der Waals surface area contributed by atoms with Crippen LogP contribution in [-0.2, 0) is 21.5 Å². The molecule has 0 bridgehead atoms. The molecule has 0 saturated carbocycles. The predicted octanol–water partition coefficient (Wildman–Crippen LogP) is 2.88. The molecule has 1 aromatic carbocycles. The Bertz CT molecular complexity index is 1120. The van der Waals surface area contributed by atoms with E-state index >= 15 is 0 Å². The Balaban J connectivity index is 1.78. The van der Waals surface area contributed by atoms with Crippen LogP contribution in [0.4, 0.5) is 29.3 Å². The van der Waals surface area contributed by atoms with E-state index < -0.39 is 27.7 Å². The van der Waals surface area contributed by atoms with Crippen LogP contribution in [-0.4, -0.2) is 60.7 Å². The van der Waals surface area contributed by atoms with Crippen molar-refractivity contribution in [2.75, 3.05) is 30.3 Å². The van der Waals surface area contributed by atoms with Gasteiger partial charge in [0.25, 0.3) is 5.91 Å². The second kappa shape index (κ2) is 8.96. The van der Waals surface area contributed by atoms with Crippen LogP contribution in [0.2, 0.25) is 0 Å². The zero-order chi connectivity index (χ0) is 23.7. The van der Waals surface area contributed by atoms with Gasteiger partial charge in [-0.1, -0.05) is 0 Å². The van der Waals surface area contributed by atoms with Crippen LogP contribution >= 0.6 is 11.8 Å². The first-order chi connectivity index (χ1) is 14.9. The third kappa shape index (κ3) is 5.49. The van der Waals surface area contributed by atoms with E-state index in [1.807, 2.05) is 0 Å². The Kier molecular flexibility index (Phi) is 6.67. The quantitative estimate of drug-likeness (QED) is 0.474. The molecule has 2 aromatic rings. The number of alkyl halides is 3. The fourth-order valence-electron chi connectivity index (χ4n) is 2.81. The average molecular weight is 490 g/mol. The largest absolute Gasteiger partial charge is 0.446 e. The number of nitrogens with zero attached hydrogens (tertiary/aromatic N) is 4. The van der Waals surface area contributed by atoms with E-state index in [2.05, 4.69) is 9.71 Å². The van der Waals surface area contributed by atoms with Gasteiger partial charge in [-0.15, -0.1) is 0 Å². The zero-order valence-electron chi connectivity index (χ0n) is 16.8. The molecule has 0 radical (unpaired) electrons. The molecule has 32 heavy (non-hydrogen) atoms. The molecule has 1 aromatic heterocycles. The van der Waals surface area contributed by atoms with Crippen molar-refractivity contribution >= 4 is 45.3 Å². The number of pyridine rings is 1. The van der Waals surface area contributed by atoms with E-state index in [1.165, 1.54) is 61.7 Å². The van der Waals surface area contributed by atoms with Crippen LogP contribution in [0, 0.1) is 0 Å². The van der Waals surface area contributed by atoms with Crippen molar-refractivity contribution in [1.29, 1.82) is 0 Å². The average Bonchev–Trinajstić information content (AvgIpc) is 2.96. The predicted molar refractivity (Wildman–Crippen MR) is 112 cm³/mol. The Morgan fingerprint density at radius 1 is 1.16 bits per heavy atom. The van der Waals surface area contributed by atoms with Crippen LogP contribution < -0.4 is 9.62 Å². The number of hydrogen-bond acceptors (Lipinski definition) is 6. The van der Waals surface area contributed by atoms with Gasteiger partial charge >= 0.3 is 21.7 Å². The van der Waals surface area contributed by atoms with Crippen molar-refractivity contribution in [3.05, 3.63) is 48.3 Å². The number of imide groups is 1. The smallest absolute Gasteiger partial charge is 0.310 e. The summed E-state index contributed by atoms with van der Waals surface area (Å²) in [5.74, 6) is -0.560. The highest BCUT2D eigenvalue weighted by Crippen LogP contribution is 2.37. The van der Waals surface area contributed by atoms with Gasteiger partial charge in [-0.25, -0.2) is 9.69 Å². The van der Waals surface area contributed by atoms with Gasteiger partial charge in [0.15, 0.2) is 0 Å². The van der Waals surface area contributed by atoms with Crippen molar-refractivity contribution in [3.63, 3.8) is 0 Å². The normalized spacial score (nSPS) is 15.1. The molecule has 1 fully saturated rings. The summed E-state index contributed by atoms with van der Waals surface area (Å²) in [6.07, 6.45) is 2.70. The maximum atomic E-state index is 12.8. The first-order valence-electron chi connectivity index (χ1n) is 8.98. The number of hydrogen-bond donors (Lipinski definition) is 1. The Labute approximate surface area is 186 Å². The van der Waals surface area contributed by atoms with Crippen LogP contribution in [0.25, 0.3) is 0 Å². The molecule has 3 amide bonds. The van der Waals surface area contributed by atoms with Crippen LogP contribution in [0.5, 0.6) is 0 Å². The fourth-order valence-corrected chi connectivity index (χ4v) is 4.00. The zero-order valence-corrected chi connectivity index (χ0v) is 18.5. The highest BCUT2D eigenvalue weighted by Gasteiger charge is 2.37. The highest BCUT2D eigenvalue weighted by molar-refractivity contribution is 8.00. The summed E-state index contributed by atoms with van der Waals surface area (Å²) in [4.78, 5) is 31.1. The lowest BCUT2D eigenvalue weighted by atomic mass is 10.2. The molecule has 0 unspecified atom stereocenters. The van der Waals surface area contributed by atoms with E-state index in [4.69, 9.17) is 0 Å². The lowest BCUT2D eigenvalue weighted by Gasteiger charge is -2.20. The first kappa shape index (κ1) is 23.8. The molecule has 1 saturated heterocycles. The third-order valence-corrected chi connectivity index (χ3v) is 6.54. The summed E-state index contributed by atoms with van der Waals surface area (Å²) in [7, 11) is -1.13. The van der Waals surface area contributed by atoms with Gasteiger partial charge in [-0.3, -0.25) is 14.5 Å². The van der Waals surface area contributed by atoms with E-state index in [9.17, 15) is 31.2 Å². The van der Waals surface area contributed by atoms with Crippen LogP contribution in [0.3, 0.4) is 0 Å². The summed E-state index contributed by atoms with van der Waals surface area (Å²) in [5.41, 5.74) is -3.76. The van der Waals surface area contributed by atoms with Crippen LogP contribution in [0.1, 0.15) is 5.56 Å². The number of amides is 3. The Hall–Kier alpha value is -2.84. The number of anilines is 2. The molecule has 172 valence electrons. The topological polar surface area (TPSA) is 103 Å². The van der Waals surface area contributed by atoms with Gasteiger partial charge < -0.3 is 4.90 Å². The maximum absolute atomic E-state index is 12.8. The van der Waals surface area contributed by atoms with Crippen molar-refractivity contribution < 1.29 is 31.2 Å². The standard InChI is InChI=1S/C18H18F3N5O4S2/c1-24(2)32(29,30)23-15-9-22-8-7-12(15)10-25-11-16(27)26(17(25)28)13-3-5-14(6-4-13)31-18(19,20)21/h3-9,23H,10-11H2,1-2H3. The van der Waals surface area contributed by atoms with E-state index in [0.29, 0.717) is 5.56 Å². The summed E-state index contributed by atoms with van der Waals surface area (Å²) >= 11 is -0.300. The molecule has 9 nitrogen and oxygen atoms in total. The number of carbonyl (C=O) groups is 2. The number of carbonyl (C=O) groups excluding carboxylic acids is 2. The van der Waals surface area contributed by atoms with Gasteiger partial charge in [-0.2, -0.15) is 25.9 Å². The van der Waals surface area contributed by atoms with Gasteiger partial charge in [0.05, 0.1) is 24.1 Å². The minimum absolute atomic E-state index is 0.0770. The Morgan fingerprint density at radius 2 is 1.81 bits per heavy atom. The SMILES string of the molecule is CN(C)S(=O)(=O)Nc1cnccc1CN1CC(=O)N(c2ccc(SC(F)(F)F)cc2)C1=O. The number of benzene rings is 1. The summed E-state index contributed by atoms with van der Waals surface area (Å²) in [6.45, 7) is -0.364. The van der Waals surface area contributed by atoms with E-state index in [1.54, 1.807) is 0 Å². The second-order valence-electron chi connectivity index (χ2n) is 6.83. The van der Waals surface area contributed by atoms with Gasteiger partial charge in [-0.05, 0) is 47.7 Å². The molecule has 1 aliphatic heterocycles. The van der Waals surface area contributed by atoms with Gasteiger partial charge in [0, 0.05) is 25.2 Å². The summed E-state index contributed by atoms with van der Waals surface area (Å²) < 4.78 is 65.1. The van der Waals surface area contributed by atoms with Crippen LogP contribution in [0.15, 0.2) is 47.6 Å². The van der Waals surface area contributed by atoms with Gasteiger partial charge in [0.1, 0.15) is 6.54 Å². The minimum atomic E-state index is -4.45. The minimum Gasteiger partial charge on any atom is -0.310 e. The number of urea groups is 1. The molecule has 2 heterocycles. The molecule has 1 N–H and O–H groups in total. The first-order valence-corrected chi connectivity index (χ1v) is 11.2. The van der Waals surface area contributed by atoms with Crippen molar-refractivity contribution in [3.8, 4) is 0 Å². The molecule has 14 heteroatoms. The second-order valence-corrected chi connectivity index (χ2v) is 9.85. The summed E-state index contributed by atoms with van der Waals surface area (Å²) in [5, 5.41) is 0. The molecule has 0 atom stereocenters. The molecule has 1 aliphatic rings. The maximum Gasteiger partial charge on any atom is 0.446 e. The number of halogens is 3. The molecule has 0 spiro atoms. The highest BCUT2D eigenvalue weighted by atomic mass is 32.2. The molecular formula is C18H18F3N5O4S2. The monoisotopic (exact) mass is 489 g/mol. The molecular weight excluding hydrogens is 471 g/mol. The van der Waals surface area contributed by atoms with Gasteiger partial charge in [0.2, 0.25) is 0 Å². The molecule has 3 rings (SSSR count). The fraction of sp³-hybridized carbons (Fsp3) is 0.278. The lowest BCUT2D eigenvalue weighted by molar-refractivity contribution is -0.116. The Morgan fingerprint density at radius 3 is 2.41 bits per heavy atom. The number of aromatic nitrogens is 1. The molecule has 0 aliphatic carbocycles. The third-order valence-electron chi connectivity index (χ3n) is 4.36. The number of rotatable bonds is 7. The summed E-state index contributed by atoms with van der Waals surface area (Å²) in [6, 6.07) is 5.70. The number of nitrogens with one attached hydrogen (secondary N) is 1. The van der Waals surface area contributed by atoms with Crippen molar-refractivity contribution in [2.24, 2.45) is 0 Å². The van der Waals surface area contributed by atoms with E-state index in [0.717, 1.165) is 9.21 Å². The van der Waals surface area contributed by atoms with E-state index in [-0.39, 0.29) is 41.1 Å². The van der Waals surface area contributed by atoms with Crippen molar-refractivity contribution in [1.82, 2.24) is 14.2 Å². The number of thioether (sulfide) groups is 1.